The Morgan fingerprint density at radius 3 is 2.26 bits per heavy atom. The van der Waals surface area contributed by atoms with Crippen LogP contribution in [0.15, 0.2) is 29.2 Å². The second-order valence-corrected chi connectivity index (χ2v) is 7.87. The van der Waals surface area contributed by atoms with Crippen LogP contribution in [0.2, 0.25) is 0 Å². The van der Waals surface area contributed by atoms with Gasteiger partial charge in [0, 0.05) is 13.1 Å². The molecule has 0 bridgehead atoms. The maximum atomic E-state index is 13.1. The van der Waals surface area contributed by atoms with Crippen molar-refractivity contribution < 1.29 is 22.3 Å². The zero-order valence-corrected chi connectivity index (χ0v) is 14.2. The molecule has 0 radical (unpaired) electrons. The van der Waals surface area contributed by atoms with Crippen molar-refractivity contribution in [2.24, 2.45) is 0 Å². The zero-order valence-electron chi connectivity index (χ0n) is 13.4. The van der Waals surface area contributed by atoms with E-state index < -0.39 is 26.4 Å². The van der Waals surface area contributed by atoms with Gasteiger partial charge in [0.25, 0.3) is 0 Å². The molecule has 1 fully saturated rings. The number of halogens is 1. The minimum atomic E-state index is -3.96. The van der Waals surface area contributed by atoms with Crippen molar-refractivity contribution in [2.75, 3.05) is 26.2 Å². The van der Waals surface area contributed by atoms with Gasteiger partial charge < -0.3 is 9.64 Å². The number of carbonyl (C=O) groups is 1. The standard InChI is InChI=1S/C16H22FNO4S/c1-3-18-11-9-16(10-12-18,15(19)22-4-2)23(20,21)14-7-5-13(17)6-8-14/h5-8H,3-4,9-12H2,1-2H3. The molecule has 1 heterocycles. The average Bonchev–Trinajstić information content (AvgIpc) is 2.55. The maximum absolute atomic E-state index is 13.1. The second kappa shape index (κ2) is 6.97. The Labute approximate surface area is 136 Å². The Bertz CT molecular complexity index is 649. The monoisotopic (exact) mass is 343 g/mol. The molecule has 0 aliphatic carbocycles. The number of piperidine rings is 1. The molecule has 0 N–H and O–H groups in total. The van der Waals surface area contributed by atoms with Gasteiger partial charge in [0.15, 0.2) is 14.6 Å². The first-order valence-corrected chi connectivity index (χ1v) is 9.25. The predicted octanol–water partition coefficient (Wildman–Crippen LogP) is 2.02. The molecule has 5 nitrogen and oxygen atoms in total. The topological polar surface area (TPSA) is 63.7 Å². The van der Waals surface area contributed by atoms with Gasteiger partial charge in [-0.3, -0.25) is 4.79 Å². The van der Waals surface area contributed by atoms with E-state index in [-0.39, 0.29) is 24.3 Å². The van der Waals surface area contributed by atoms with Crippen LogP contribution >= 0.6 is 0 Å². The summed E-state index contributed by atoms with van der Waals surface area (Å²) in [6.07, 6.45) is 0.360. The largest absolute Gasteiger partial charge is 0.465 e. The van der Waals surface area contributed by atoms with Gasteiger partial charge in [-0.15, -0.1) is 0 Å². The Hall–Kier alpha value is -1.47. The summed E-state index contributed by atoms with van der Waals surface area (Å²) >= 11 is 0. The van der Waals surface area contributed by atoms with Gasteiger partial charge in [-0.25, -0.2) is 12.8 Å². The van der Waals surface area contributed by atoms with Gasteiger partial charge in [-0.2, -0.15) is 0 Å². The number of carbonyl (C=O) groups excluding carboxylic acids is 1. The molecule has 0 saturated carbocycles. The van der Waals surface area contributed by atoms with E-state index in [2.05, 4.69) is 4.90 Å². The molecular formula is C16H22FNO4S. The molecule has 1 saturated heterocycles. The van der Waals surface area contributed by atoms with Crippen molar-refractivity contribution in [3.63, 3.8) is 0 Å². The summed E-state index contributed by atoms with van der Waals surface area (Å²) in [4.78, 5) is 14.6. The highest BCUT2D eigenvalue weighted by Crippen LogP contribution is 2.36. The van der Waals surface area contributed by atoms with Gasteiger partial charge in [0.1, 0.15) is 5.82 Å². The molecule has 23 heavy (non-hydrogen) atoms. The maximum Gasteiger partial charge on any atom is 0.327 e. The summed E-state index contributed by atoms with van der Waals surface area (Å²) < 4.78 is 42.8. The zero-order chi connectivity index (χ0) is 17.1. The first-order chi connectivity index (χ1) is 10.9. The fourth-order valence-electron chi connectivity index (χ4n) is 2.91. The minimum Gasteiger partial charge on any atom is -0.465 e. The minimum absolute atomic E-state index is 0.0445. The van der Waals surface area contributed by atoms with Crippen molar-refractivity contribution in [3.8, 4) is 0 Å². The Morgan fingerprint density at radius 1 is 1.22 bits per heavy atom. The van der Waals surface area contributed by atoms with E-state index in [0.29, 0.717) is 13.1 Å². The number of benzene rings is 1. The molecule has 1 aromatic carbocycles. The third kappa shape index (κ3) is 3.26. The molecule has 0 aromatic heterocycles. The summed E-state index contributed by atoms with van der Waals surface area (Å²) in [7, 11) is -3.96. The van der Waals surface area contributed by atoms with Crippen LogP contribution in [0, 0.1) is 5.82 Å². The van der Waals surface area contributed by atoms with E-state index in [1.165, 1.54) is 12.1 Å². The third-order valence-corrected chi connectivity index (χ3v) is 6.89. The van der Waals surface area contributed by atoms with Crippen molar-refractivity contribution in [1.82, 2.24) is 4.90 Å². The summed E-state index contributed by atoms with van der Waals surface area (Å²) in [5, 5.41) is 0. The molecule has 1 aliphatic rings. The second-order valence-electron chi connectivity index (χ2n) is 5.61. The molecule has 1 aliphatic heterocycles. The van der Waals surface area contributed by atoms with E-state index >= 15 is 0 Å². The van der Waals surface area contributed by atoms with Crippen molar-refractivity contribution in [2.45, 2.75) is 36.3 Å². The number of rotatable bonds is 5. The molecule has 0 spiro atoms. The number of sulfone groups is 1. The first-order valence-electron chi connectivity index (χ1n) is 7.77. The smallest absolute Gasteiger partial charge is 0.327 e. The number of likely N-dealkylation sites (tertiary alicyclic amines) is 1. The number of hydrogen-bond acceptors (Lipinski definition) is 5. The Balaban J connectivity index is 2.45. The van der Waals surface area contributed by atoms with E-state index in [1.807, 2.05) is 6.92 Å². The van der Waals surface area contributed by atoms with Crippen LogP contribution in [-0.4, -0.2) is 50.3 Å². The molecule has 7 heteroatoms. The quantitative estimate of drug-likeness (QED) is 0.604. The van der Waals surface area contributed by atoms with Crippen LogP contribution in [0.25, 0.3) is 0 Å². The van der Waals surface area contributed by atoms with Gasteiger partial charge >= 0.3 is 5.97 Å². The Morgan fingerprint density at radius 2 is 1.78 bits per heavy atom. The summed E-state index contributed by atoms with van der Waals surface area (Å²) in [5.74, 6) is -1.23. The SMILES string of the molecule is CCOC(=O)C1(S(=O)(=O)c2ccc(F)cc2)CCN(CC)CC1. The lowest BCUT2D eigenvalue weighted by atomic mass is 9.95. The first kappa shape index (κ1) is 17.9. The van der Waals surface area contributed by atoms with Gasteiger partial charge in [0.05, 0.1) is 11.5 Å². The number of esters is 1. The highest BCUT2D eigenvalue weighted by molar-refractivity contribution is 7.93. The van der Waals surface area contributed by atoms with Crippen molar-refractivity contribution >= 4 is 15.8 Å². The fourth-order valence-corrected chi connectivity index (χ4v) is 4.86. The Kier molecular flexibility index (Phi) is 5.41. The molecule has 0 atom stereocenters. The number of hydrogen-bond donors (Lipinski definition) is 0. The molecule has 128 valence electrons. The lowest BCUT2D eigenvalue weighted by Gasteiger charge is -2.38. The van der Waals surface area contributed by atoms with E-state index in [0.717, 1.165) is 18.7 Å². The van der Waals surface area contributed by atoms with Crippen LogP contribution in [0.4, 0.5) is 4.39 Å². The van der Waals surface area contributed by atoms with Gasteiger partial charge in [0.2, 0.25) is 0 Å². The lowest BCUT2D eigenvalue weighted by molar-refractivity contribution is -0.147. The van der Waals surface area contributed by atoms with Crippen LogP contribution in [0.1, 0.15) is 26.7 Å². The predicted molar refractivity (Wildman–Crippen MR) is 84.3 cm³/mol. The fraction of sp³-hybridized carbons (Fsp3) is 0.562. The van der Waals surface area contributed by atoms with E-state index in [9.17, 15) is 17.6 Å². The van der Waals surface area contributed by atoms with Crippen molar-refractivity contribution in [1.29, 1.82) is 0 Å². The van der Waals surface area contributed by atoms with E-state index in [1.54, 1.807) is 6.92 Å². The van der Waals surface area contributed by atoms with Crippen LogP contribution in [-0.2, 0) is 19.4 Å². The highest BCUT2D eigenvalue weighted by atomic mass is 32.2. The number of nitrogens with zero attached hydrogens (tertiary/aromatic N) is 1. The summed E-state index contributed by atoms with van der Waals surface area (Å²) in [6, 6.07) is 4.59. The van der Waals surface area contributed by atoms with Crippen molar-refractivity contribution in [3.05, 3.63) is 30.1 Å². The molecular weight excluding hydrogens is 321 g/mol. The van der Waals surface area contributed by atoms with Crippen LogP contribution < -0.4 is 0 Å². The molecule has 0 amide bonds. The third-order valence-electron chi connectivity index (χ3n) is 4.40. The molecule has 1 aromatic rings. The summed E-state index contributed by atoms with van der Waals surface area (Å²) in [5.41, 5.74) is 0. The van der Waals surface area contributed by atoms with Crippen LogP contribution in [0.5, 0.6) is 0 Å². The molecule has 2 rings (SSSR count). The normalized spacial score (nSPS) is 18.6. The van der Waals surface area contributed by atoms with Gasteiger partial charge in [-0.1, -0.05) is 6.92 Å². The van der Waals surface area contributed by atoms with Gasteiger partial charge in [-0.05, 0) is 50.6 Å². The average molecular weight is 343 g/mol. The van der Waals surface area contributed by atoms with Crippen LogP contribution in [0.3, 0.4) is 0 Å². The number of ether oxygens (including phenoxy) is 1. The highest BCUT2D eigenvalue weighted by Gasteiger charge is 2.53. The molecule has 0 unspecified atom stereocenters. The summed E-state index contributed by atoms with van der Waals surface area (Å²) in [6.45, 7) is 5.58. The lowest BCUT2D eigenvalue weighted by Crippen LogP contribution is -2.55. The van der Waals surface area contributed by atoms with E-state index in [4.69, 9.17) is 4.74 Å².